The molecule has 5 nitrogen and oxygen atoms in total. The number of carbonyl (C=O) groups is 1. The molecule has 0 aliphatic heterocycles. The minimum atomic E-state index is -0.0863. The number of carbonyl (C=O) groups excluding carboxylic acids is 1. The number of nitrogens with zero attached hydrogens (tertiary/aromatic N) is 2. The molecule has 0 aliphatic carbocycles. The number of rotatable bonds is 9. The molecule has 3 aromatic carbocycles. The van der Waals surface area contributed by atoms with Crippen LogP contribution in [0.4, 0.5) is 4.79 Å². The number of hydrogen-bond donors (Lipinski definition) is 1. The average Bonchev–Trinajstić information content (AvgIpc) is 3.30. The minimum absolute atomic E-state index is 0.0863. The molecule has 4 rings (SSSR count). The fourth-order valence-electron chi connectivity index (χ4n) is 3.80. The van der Waals surface area contributed by atoms with E-state index in [-0.39, 0.29) is 6.03 Å². The van der Waals surface area contributed by atoms with Crippen molar-refractivity contribution in [3.8, 4) is 5.75 Å². The summed E-state index contributed by atoms with van der Waals surface area (Å²) in [6, 6.07) is 32.1. The third kappa shape index (κ3) is 6.26. The van der Waals surface area contributed by atoms with Gasteiger partial charge in [-0.1, -0.05) is 72.8 Å². The lowest BCUT2D eigenvalue weighted by atomic mass is 10.2. The summed E-state index contributed by atoms with van der Waals surface area (Å²) in [7, 11) is 1.68. The number of benzene rings is 3. The topological polar surface area (TPSA) is 46.5 Å². The molecular formula is C28H29N3O2. The van der Waals surface area contributed by atoms with Crippen molar-refractivity contribution in [1.29, 1.82) is 0 Å². The lowest BCUT2D eigenvalue weighted by Crippen LogP contribution is -2.39. The van der Waals surface area contributed by atoms with Crippen LogP contribution in [0.5, 0.6) is 5.75 Å². The second kappa shape index (κ2) is 11.0. The summed E-state index contributed by atoms with van der Waals surface area (Å²) < 4.78 is 7.54. The highest BCUT2D eigenvalue weighted by Gasteiger charge is 2.16. The molecule has 0 saturated heterocycles. The Balaban J connectivity index is 1.50. The summed E-state index contributed by atoms with van der Waals surface area (Å²) in [5.74, 6) is 0.840. The summed E-state index contributed by atoms with van der Waals surface area (Å²) in [5.41, 5.74) is 4.39. The van der Waals surface area contributed by atoms with Crippen molar-refractivity contribution in [3.05, 3.63) is 126 Å². The van der Waals surface area contributed by atoms with E-state index < -0.39 is 0 Å². The summed E-state index contributed by atoms with van der Waals surface area (Å²) in [5, 5.41) is 3.08. The Morgan fingerprint density at radius 1 is 0.818 bits per heavy atom. The quantitative estimate of drug-likeness (QED) is 0.377. The van der Waals surface area contributed by atoms with E-state index in [1.165, 1.54) is 0 Å². The molecule has 0 fully saturated rings. The number of ether oxygens (including phenoxy) is 1. The van der Waals surface area contributed by atoms with E-state index in [1.54, 1.807) is 7.11 Å². The predicted octanol–water partition coefficient (Wildman–Crippen LogP) is 5.46. The highest BCUT2D eigenvalue weighted by atomic mass is 16.5. The molecule has 4 aromatic rings. The van der Waals surface area contributed by atoms with Crippen molar-refractivity contribution in [2.75, 3.05) is 7.11 Å². The maximum atomic E-state index is 13.2. The molecule has 1 aromatic heterocycles. The molecule has 33 heavy (non-hydrogen) atoms. The molecule has 0 radical (unpaired) electrons. The van der Waals surface area contributed by atoms with E-state index in [0.717, 1.165) is 28.1 Å². The van der Waals surface area contributed by atoms with E-state index in [4.69, 9.17) is 4.74 Å². The Hall–Kier alpha value is -3.99. The van der Waals surface area contributed by atoms with Gasteiger partial charge in [0.2, 0.25) is 0 Å². The van der Waals surface area contributed by atoms with Crippen LogP contribution in [-0.4, -0.2) is 22.6 Å². The van der Waals surface area contributed by atoms with E-state index in [9.17, 15) is 4.79 Å². The second-order valence-electron chi connectivity index (χ2n) is 7.96. The number of amides is 2. The Kier molecular flexibility index (Phi) is 7.44. The van der Waals surface area contributed by atoms with Crippen LogP contribution in [0.3, 0.4) is 0 Å². The Labute approximate surface area is 195 Å². The SMILES string of the molecule is COc1cccc(Cn2cccc2CN(Cc2ccccc2)C(=O)NCc2ccccc2)c1. The zero-order valence-electron chi connectivity index (χ0n) is 18.9. The van der Waals surface area contributed by atoms with Crippen LogP contribution in [0, 0.1) is 0 Å². The molecule has 0 aliphatic rings. The fraction of sp³-hybridized carbons (Fsp3) is 0.179. The Morgan fingerprint density at radius 2 is 1.52 bits per heavy atom. The summed E-state index contributed by atoms with van der Waals surface area (Å²) in [6.45, 7) is 2.25. The van der Waals surface area contributed by atoms with Crippen LogP contribution in [0.1, 0.15) is 22.4 Å². The zero-order chi connectivity index (χ0) is 22.9. The van der Waals surface area contributed by atoms with Crippen LogP contribution in [0.15, 0.2) is 103 Å². The van der Waals surface area contributed by atoms with Crippen LogP contribution in [-0.2, 0) is 26.2 Å². The summed E-state index contributed by atoms with van der Waals surface area (Å²) in [4.78, 5) is 15.0. The van der Waals surface area contributed by atoms with Crippen LogP contribution < -0.4 is 10.1 Å². The number of aromatic nitrogens is 1. The molecule has 0 spiro atoms. The number of urea groups is 1. The predicted molar refractivity (Wildman–Crippen MR) is 131 cm³/mol. The molecule has 1 heterocycles. The van der Waals surface area contributed by atoms with Crippen LogP contribution in [0.25, 0.3) is 0 Å². The first-order valence-electron chi connectivity index (χ1n) is 11.1. The van der Waals surface area contributed by atoms with Gasteiger partial charge in [0.25, 0.3) is 0 Å². The molecule has 0 bridgehead atoms. The standard InChI is InChI=1S/C28H29N3O2/c1-33-27-16-8-14-25(18-27)21-30-17-9-15-26(30)22-31(20-24-12-6-3-7-13-24)28(32)29-19-23-10-4-2-5-11-23/h2-18H,19-22H2,1H3,(H,29,32). The van der Waals surface area contributed by atoms with Gasteiger partial charge in [-0.3, -0.25) is 0 Å². The third-order valence-electron chi connectivity index (χ3n) is 5.55. The lowest BCUT2D eigenvalue weighted by molar-refractivity contribution is 0.190. The Morgan fingerprint density at radius 3 is 2.24 bits per heavy atom. The highest BCUT2D eigenvalue weighted by molar-refractivity contribution is 5.74. The highest BCUT2D eigenvalue weighted by Crippen LogP contribution is 2.17. The average molecular weight is 440 g/mol. The second-order valence-corrected chi connectivity index (χ2v) is 7.96. The molecule has 0 atom stereocenters. The van der Waals surface area contributed by atoms with Gasteiger partial charge < -0.3 is 19.5 Å². The van der Waals surface area contributed by atoms with E-state index in [2.05, 4.69) is 28.2 Å². The van der Waals surface area contributed by atoms with Crippen molar-refractivity contribution in [1.82, 2.24) is 14.8 Å². The van der Waals surface area contributed by atoms with Gasteiger partial charge in [0.05, 0.1) is 13.7 Å². The molecule has 5 heteroatoms. The first-order valence-corrected chi connectivity index (χ1v) is 11.1. The molecule has 168 valence electrons. The van der Waals surface area contributed by atoms with Crippen molar-refractivity contribution >= 4 is 6.03 Å². The zero-order valence-corrected chi connectivity index (χ0v) is 18.9. The van der Waals surface area contributed by atoms with Gasteiger partial charge in [-0.25, -0.2) is 4.79 Å². The Bertz CT molecular complexity index is 1160. The minimum Gasteiger partial charge on any atom is -0.497 e. The number of methoxy groups -OCH3 is 1. The monoisotopic (exact) mass is 439 g/mol. The van der Waals surface area contributed by atoms with Gasteiger partial charge in [0.15, 0.2) is 0 Å². The number of nitrogens with one attached hydrogen (secondary N) is 1. The smallest absolute Gasteiger partial charge is 0.318 e. The van der Waals surface area contributed by atoms with Crippen LogP contribution in [0.2, 0.25) is 0 Å². The van der Waals surface area contributed by atoms with Crippen LogP contribution >= 0.6 is 0 Å². The van der Waals surface area contributed by atoms with Crippen molar-refractivity contribution < 1.29 is 9.53 Å². The fourth-order valence-corrected chi connectivity index (χ4v) is 3.80. The summed E-state index contributed by atoms with van der Waals surface area (Å²) in [6.07, 6.45) is 2.05. The largest absolute Gasteiger partial charge is 0.497 e. The normalized spacial score (nSPS) is 10.6. The third-order valence-corrected chi connectivity index (χ3v) is 5.55. The van der Waals surface area contributed by atoms with Crippen molar-refractivity contribution in [3.63, 3.8) is 0 Å². The van der Waals surface area contributed by atoms with E-state index >= 15 is 0 Å². The van der Waals surface area contributed by atoms with Gasteiger partial charge >= 0.3 is 6.03 Å². The van der Waals surface area contributed by atoms with Gasteiger partial charge in [-0.05, 0) is 41.0 Å². The molecule has 1 N–H and O–H groups in total. The lowest BCUT2D eigenvalue weighted by Gasteiger charge is -2.24. The van der Waals surface area contributed by atoms with Gasteiger partial charge in [0, 0.05) is 31.5 Å². The van der Waals surface area contributed by atoms with Gasteiger partial charge in [0.1, 0.15) is 5.75 Å². The first-order chi connectivity index (χ1) is 16.2. The summed E-state index contributed by atoms with van der Waals surface area (Å²) >= 11 is 0. The maximum absolute atomic E-state index is 13.2. The maximum Gasteiger partial charge on any atom is 0.318 e. The molecule has 0 saturated carbocycles. The van der Waals surface area contributed by atoms with Gasteiger partial charge in [-0.15, -0.1) is 0 Å². The first kappa shape index (κ1) is 22.2. The molecular weight excluding hydrogens is 410 g/mol. The number of hydrogen-bond acceptors (Lipinski definition) is 2. The van der Waals surface area contributed by atoms with E-state index in [1.807, 2.05) is 89.8 Å². The van der Waals surface area contributed by atoms with Crippen molar-refractivity contribution in [2.24, 2.45) is 0 Å². The molecule has 0 unspecified atom stereocenters. The van der Waals surface area contributed by atoms with Crippen molar-refractivity contribution in [2.45, 2.75) is 26.2 Å². The molecule has 2 amide bonds. The van der Waals surface area contributed by atoms with E-state index in [0.29, 0.717) is 26.2 Å². The van der Waals surface area contributed by atoms with Gasteiger partial charge in [-0.2, -0.15) is 0 Å².